The average Bonchev–Trinajstić information content (AvgIpc) is 3.26. The van der Waals surface area contributed by atoms with Gasteiger partial charge >= 0.3 is 0 Å². The normalized spacial score (nSPS) is 14.3. The molecule has 4 rings (SSSR count). The van der Waals surface area contributed by atoms with E-state index in [0.29, 0.717) is 6.42 Å². The molecule has 1 amide bonds. The lowest BCUT2D eigenvalue weighted by molar-refractivity contribution is -0.127. The molecule has 1 saturated heterocycles. The smallest absolute Gasteiger partial charge is 0.222 e. The lowest BCUT2D eigenvalue weighted by Gasteiger charge is -2.15. The fourth-order valence-electron chi connectivity index (χ4n) is 3.15. The van der Waals surface area contributed by atoms with Gasteiger partial charge in [0.25, 0.3) is 0 Å². The molecule has 1 aliphatic heterocycles. The summed E-state index contributed by atoms with van der Waals surface area (Å²) in [4.78, 5) is 23.3. The molecule has 1 aliphatic rings. The Balaban J connectivity index is 1.45. The van der Waals surface area contributed by atoms with Crippen LogP contribution in [0, 0.1) is 5.82 Å². The SMILES string of the molecule is O=C1CCCN1CCCNc1ncnc2cc(-c3ccc(F)cc3)sc12. The van der Waals surface area contributed by atoms with Crippen LogP contribution in [0.5, 0.6) is 0 Å². The molecule has 5 nitrogen and oxygen atoms in total. The van der Waals surface area contributed by atoms with Crippen molar-refractivity contribution < 1.29 is 9.18 Å². The standard InChI is InChI=1S/C19H19FN4OS/c20-14-6-4-13(5-7-14)16-11-15-18(26-16)19(23-12-22-15)21-8-2-10-24-9-1-3-17(24)25/h4-7,11-12H,1-3,8-10H2,(H,21,22,23). The number of aromatic nitrogens is 2. The highest BCUT2D eigenvalue weighted by Crippen LogP contribution is 2.35. The number of carbonyl (C=O) groups excluding carboxylic acids is 1. The van der Waals surface area contributed by atoms with Gasteiger partial charge in [-0.2, -0.15) is 0 Å². The molecule has 0 unspecified atom stereocenters. The summed E-state index contributed by atoms with van der Waals surface area (Å²) in [7, 11) is 0. The number of thiophene rings is 1. The molecule has 0 atom stereocenters. The highest BCUT2D eigenvalue weighted by Gasteiger charge is 2.19. The van der Waals surface area contributed by atoms with Crippen molar-refractivity contribution in [3.05, 3.63) is 42.5 Å². The van der Waals surface area contributed by atoms with Gasteiger partial charge in [0.15, 0.2) is 0 Å². The van der Waals surface area contributed by atoms with Crippen molar-refractivity contribution in [1.29, 1.82) is 0 Å². The van der Waals surface area contributed by atoms with Crippen LogP contribution in [0.15, 0.2) is 36.7 Å². The number of fused-ring (bicyclic) bond motifs is 1. The lowest BCUT2D eigenvalue weighted by atomic mass is 10.2. The number of carbonyl (C=O) groups is 1. The van der Waals surface area contributed by atoms with Crippen LogP contribution in [0.3, 0.4) is 0 Å². The van der Waals surface area contributed by atoms with Gasteiger partial charge in [-0.15, -0.1) is 11.3 Å². The van der Waals surface area contributed by atoms with E-state index < -0.39 is 0 Å². The number of likely N-dealkylation sites (tertiary alicyclic amines) is 1. The maximum atomic E-state index is 13.1. The van der Waals surface area contributed by atoms with Crippen molar-refractivity contribution >= 4 is 33.3 Å². The molecule has 3 heterocycles. The van der Waals surface area contributed by atoms with Crippen LogP contribution in [0.25, 0.3) is 20.7 Å². The Kier molecular flexibility index (Phi) is 4.79. The summed E-state index contributed by atoms with van der Waals surface area (Å²) < 4.78 is 14.1. The zero-order valence-corrected chi connectivity index (χ0v) is 15.1. The third-order valence-corrected chi connectivity index (χ3v) is 5.69. The molecule has 0 saturated carbocycles. The number of halogens is 1. The number of anilines is 1. The Bertz CT molecular complexity index is 925. The largest absolute Gasteiger partial charge is 0.369 e. The van der Waals surface area contributed by atoms with Crippen LogP contribution >= 0.6 is 11.3 Å². The minimum absolute atomic E-state index is 0.242. The van der Waals surface area contributed by atoms with E-state index in [4.69, 9.17) is 0 Å². The first-order chi connectivity index (χ1) is 12.7. The van der Waals surface area contributed by atoms with Crippen molar-refractivity contribution in [3.8, 4) is 10.4 Å². The van der Waals surface area contributed by atoms with Gasteiger partial charge in [0.2, 0.25) is 5.91 Å². The molecule has 134 valence electrons. The number of amides is 1. The minimum Gasteiger partial charge on any atom is -0.369 e. The topological polar surface area (TPSA) is 58.1 Å². The summed E-state index contributed by atoms with van der Waals surface area (Å²) in [6, 6.07) is 8.47. The van der Waals surface area contributed by atoms with E-state index in [1.807, 2.05) is 11.0 Å². The summed E-state index contributed by atoms with van der Waals surface area (Å²) in [6.07, 6.45) is 4.09. The summed E-state index contributed by atoms with van der Waals surface area (Å²) in [5.41, 5.74) is 1.84. The van der Waals surface area contributed by atoms with Crippen LogP contribution < -0.4 is 5.32 Å². The van der Waals surface area contributed by atoms with Crippen LogP contribution in [0.2, 0.25) is 0 Å². The molecule has 0 bridgehead atoms. The molecular weight excluding hydrogens is 351 g/mol. The monoisotopic (exact) mass is 370 g/mol. The minimum atomic E-state index is -0.242. The first-order valence-corrected chi connectivity index (χ1v) is 9.54. The summed E-state index contributed by atoms with van der Waals surface area (Å²) in [6.45, 7) is 2.41. The first kappa shape index (κ1) is 16.9. The van der Waals surface area contributed by atoms with E-state index >= 15 is 0 Å². The fourth-order valence-corrected chi connectivity index (χ4v) is 4.24. The second-order valence-electron chi connectivity index (χ2n) is 6.32. The van der Waals surface area contributed by atoms with Crippen molar-refractivity contribution in [1.82, 2.24) is 14.9 Å². The molecule has 1 fully saturated rings. The summed E-state index contributed by atoms with van der Waals surface area (Å²) in [5.74, 6) is 0.825. The molecule has 2 aromatic heterocycles. The fraction of sp³-hybridized carbons (Fsp3) is 0.316. The molecule has 0 radical (unpaired) electrons. The first-order valence-electron chi connectivity index (χ1n) is 8.73. The van der Waals surface area contributed by atoms with Gasteiger partial charge in [-0.05, 0) is 36.6 Å². The second-order valence-corrected chi connectivity index (χ2v) is 7.37. The third-order valence-electron chi connectivity index (χ3n) is 4.51. The summed E-state index contributed by atoms with van der Waals surface area (Å²) in [5, 5.41) is 3.36. The van der Waals surface area contributed by atoms with Crippen molar-refractivity contribution in [2.75, 3.05) is 25.0 Å². The third kappa shape index (κ3) is 3.53. The van der Waals surface area contributed by atoms with E-state index in [9.17, 15) is 9.18 Å². The van der Waals surface area contributed by atoms with E-state index in [1.54, 1.807) is 29.8 Å². The predicted molar refractivity (Wildman–Crippen MR) is 102 cm³/mol. The average molecular weight is 370 g/mol. The molecule has 0 spiro atoms. The van der Waals surface area contributed by atoms with Crippen LogP contribution in [0.1, 0.15) is 19.3 Å². The van der Waals surface area contributed by atoms with Crippen LogP contribution in [0.4, 0.5) is 10.2 Å². The van der Waals surface area contributed by atoms with Gasteiger partial charge in [-0.1, -0.05) is 12.1 Å². The van der Waals surface area contributed by atoms with Crippen LogP contribution in [-0.4, -0.2) is 40.4 Å². The van der Waals surface area contributed by atoms with Gasteiger partial charge in [0.1, 0.15) is 18.0 Å². The number of rotatable bonds is 6. The van der Waals surface area contributed by atoms with Crippen molar-refractivity contribution in [3.63, 3.8) is 0 Å². The van der Waals surface area contributed by atoms with Crippen molar-refractivity contribution in [2.24, 2.45) is 0 Å². The van der Waals surface area contributed by atoms with E-state index in [1.165, 1.54) is 12.1 Å². The molecule has 3 aromatic rings. The van der Waals surface area contributed by atoms with E-state index in [0.717, 1.165) is 59.0 Å². The van der Waals surface area contributed by atoms with Gasteiger partial charge in [-0.25, -0.2) is 14.4 Å². The number of nitrogens with one attached hydrogen (secondary N) is 1. The Morgan fingerprint density at radius 2 is 2.08 bits per heavy atom. The molecule has 1 aromatic carbocycles. The Hall–Kier alpha value is -2.54. The zero-order chi connectivity index (χ0) is 17.9. The molecule has 7 heteroatoms. The molecule has 26 heavy (non-hydrogen) atoms. The van der Waals surface area contributed by atoms with Crippen molar-refractivity contribution in [2.45, 2.75) is 19.3 Å². The molecule has 0 aliphatic carbocycles. The van der Waals surface area contributed by atoms with Crippen LogP contribution in [-0.2, 0) is 4.79 Å². The Morgan fingerprint density at radius 1 is 1.23 bits per heavy atom. The number of benzene rings is 1. The highest BCUT2D eigenvalue weighted by atomic mass is 32.1. The zero-order valence-electron chi connectivity index (χ0n) is 14.2. The summed E-state index contributed by atoms with van der Waals surface area (Å²) >= 11 is 1.59. The van der Waals surface area contributed by atoms with Gasteiger partial charge < -0.3 is 10.2 Å². The maximum Gasteiger partial charge on any atom is 0.222 e. The van der Waals surface area contributed by atoms with Gasteiger partial charge in [-0.3, -0.25) is 4.79 Å². The molecule has 1 N–H and O–H groups in total. The molecular formula is C19H19FN4OS. The second kappa shape index (κ2) is 7.37. The Morgan fingerprint density at radius 3 is 2.85 bits per heavy atom. The Labute approximate surface area is 154 Å². The predicted octanol–water partition coefficient (Wildman–Crippen LogP) is 3.92. The maximum absolute atomic E-state index is 13.1. The highest BCUT2D eigenvalue weighted by molar-refractivity contribution is 7.22. The number of hydrogen-bond acceptors (Lipinski definition) is 5. The number of hydrogen-bond donors (Lipinski definition) is 1. The lowest BCUT2D eigenvalue weighted by Crippen LogP contribution is -2.27. The van der Waals surface area contributed by atoms with E-state index in [2.05, 4.69) is 15.3 Å². The van der Waals surface area contributed by atoms with E-state index in [-0.39, 0.29) is 11.7 Å². The van der Waals surface area contributed by atoms with Gasteiger partial charge in [0.05, 0.1) is 10.2 Å². The number of nitrogens with zero attached hydrogens (tertiary/aromatic N) is 3. The quantitative estimate of drug-likeness (QED) is 0.668. The van der Waals surface area contributed by atoms with Gasteiger partial charge in [0, 0.05) is 30.9 Å².